The number of ether oxygens (including phenoxy) is 1. The highest BCUT2D eigenvalue weighted by molar-refractivity contribution is 7.89. The first kappa shape index (κ1) is 19.9. The zero-order valence-electron chi connectivity index (χ0n) is 15.4. The molecule has 0 radical (unpaired) electrons. The summed E-state index contributed by atoms with van der Waals surface area (Å²) in [6, 6.07) is 13.3. The van der Waals surface area contributed by atoms with E-state index < -0.39 is 10.0 Å². The number of carbonyl (C=O) groups is 1. The van der Waals surface area contributed by atoms with Crippen molar-refractivity contribution in [1.82, 2.24) is 9.62 Å². The molecule has 2 aromatic rings. The van der Waals surface area contributed by atoms with Crippen LogP contribution in [0.5, 0.6) is 5.75 Å². The van der Waals surface area contributed by atoms with E-state index in [4.69, 9.17) is 4.74 Å². The van der Waals surface area contributed by atoms with Crippen LogP contribution in [0.2, 0.25) is 0 Å². The second kappa shape index (κ2) is 8.33. The molecule has 2 rings (SSSR count). The van der Waals surface area contributed by atoms with Crippen molar-refractivity contribution in [2.24, 2.45) is 0 Å². The van der Waals surface area contributed by atoms with Crippen molar-refractivity contribution in [3.8, 4) is 5.75 Å². The number of hydrogen-bond acceptors (Lipinski definition) is 4. The van der Waals surface area contributed by atoms with Gasteiger partial charge in [-0.1, -0.05) is 18.2 Å². The van der Waals surface area contributed by atoms with Gasteiger partial charge in [-0.15, -0.1) is 0 Å². The van der Waals surface area contributed by atoms with Gasteiger partial charge in [-0.05, 0) is 49.7 Å². The molecule has 0 atom stereocenters. The van der Waals surface area contributed by atoms with Crippen LogP contribution >= 0.6 is 0 Å². The molecule has 0 aromatic heterocycles. The minimum atomic E-state index is -3.64. The summed E-state index contributed by atoms with van der Waals surface area (Å²) in [5, 5.41) is 0. The molecule has 0 saturated carbocycles. The molecular weight excluding hydrogens is 352 g/mol. The van der Waals surface area contributed by atoms with Crippen molar-refractivity contribution in [2.45, 2.75) is 31.3 Å². The van der Waals surface area contributed by atoms with E-state index in [-0.39, 0.29) is 16.8 Å². The normalized spacial score (nSPS) is 11.4. The highest BCUT2D eigenvalue weighted by Crippen LogP contribution is 2.16. The standard InChI is InChI=1S/C19H24N2O4S/c1-14(2)20-26(23,24)18-7-5-6-16(12-18)19(22)21(3)13-15-8-10-17(25-4)11-9-15/h5-12,14,20H,13H2,1-4H3. The van der Waals surface area contributed by atoms with Gasteiger partial charge in [0.2, 0.25) is 10.0 Å². The van der Waals surface area contributed by atoms with Gasteiger partial charge in [0.25, 0.3) is 5.91 Å². The molecule has 0 saturated heterocycles. The van der Waals surface area contributed by atoms with Crippen molar-refractivity contribution < 1.29 is 17.9 Å². The monoisotopic (exact) mass is 376 g/mol. The SMILES string of the molecule is COc1ccc(CN(C)C(=O)c2cccc(S(=O)(=O)NC(C)C)c2)cc1. The number of benzene rings is 2. The van der Waals surface area contributed by atoms with Crippen LogP contribution in [0.1, 0.15) is 29.8 Å². The third-order valence-electron chi connectivity index (χ3n) is 3.71. The second-order valence-electron chi connectivity index (χ2n) is 6.31. The maximum absolute atomic E-state index is 12.7. The first-order valence-electron chi connectivity index (χ1n) is 8.23. The fraction of sp³-hybridized carbons (Fsp3) is 0.316. The van der Waals surface area contributed by atoms with Crippen LogP contribution in [0, 0.1) is 0 Å². The van der Waals surface area contributed by atoms with E-state index >= 15 is 0 Å². The van der Waals surface area contributed by atoms with E-state index in [2.05, 4.69) is 4.72 Å². The van der Waals surface area contributed by atoms with Gasteiger partial charge in [0.05, 0.1) is 12.0 Å². The minimum Gasteiger partial charge on any atom is -0.497 e. The predicted molar refractivity (Wildman–Crippen MR) is 101 cm³/mol. The molecule has 1 amide bonds. The number of carbonyl (C=O) groups excluding carboxylic acids is 1. The van der Waals surface area contributed by atoms with E-state index in [0.717, 1.165) is 11.3 Å². The zero-order valence-corrected chi connectivity index (χ0v) is 16.2. The smallest absolute Gasteiger partial charge is 0.253 e. The second-order valence-corrected chi connectivity index (χ2v) is 8.03. The van der Waals surface area contributed by atoms with Gasteiger partial charge in [0.1, 0.15) is 5.75 Å². The quantitative estimate of drug-likeness (QED) is 0.806. The Morgan fingerprint density at radius 1 is 1.15 bits per heavy atom. The average molecular weight is 376 g/mol. The molecular formula is C19H24N2O4S. The summed E-state index contributed by atoms with van der Waals surface area (Å²) in [6.45, 7) is 3.90. The lowest BCUT2D eigenvalue weighted by Gasteiger charge is -2.18. The first-order valence-corrected chi connectivity index (χ1v) is 9.72. The fourth-order valence-electron chi connectivity index (χ4n) is 2.47. The molecule has 6 nitrogen and oxygen atoms in total. The summed E-state index contributed by atoms with van der Waals surface area (Å²) >= 11 is 0. The van der Waals surface area contributed by atoms with Crippen molar-refractivity contribution in [3.63, 3.8) is 0 Å². The summed E-state index contributed by atoms with van der Waals surface area (Å²) in [4.78, 5) is 14.3. The van der Waals surface area contributed by atoms with Gasteiger partial charge in [-0.25, -0.2) is 13.1 Å². The Balaban J connectivity index is 2.16. The van der Waals surface area contributed by atoms with Crippen LogP contribution in [0.3, 0.4) is 0 Å². The molecule has 0 unspecified atom stereocenters. The Kier molecular flexibility index (Phi) is 6.39. The van der Waals surface area contributed by atoms with Crippen LogP contribution in [-0.4, -0.2) is 39.4 Å². The van der Waals surface area contributed by atoms with Crippen LogP contribution in [-0.2, 0) is 16.6 Å². The van der Waals surface area contributed by atoms with E-state index in [0.29, 0.717) is 12.1 Å². The molecule has 7 heteroatoms. The molecule has 0 spiro atoms. The topological polar surface area (TPSA) is 75.7 Å². The Hall–Kier alpha value is -2.38. The molecule has 2 aromatic carbocycles. The lowest BCUT2D eigenvalue weighted by molar-refractivity contribution is 0.0785. The molecule has 0 bridgehead atoms. The molecule has 0 heterocycles. The van der Waals surface area contributed by atoms with Crippen molar-refractivity contribution in [3.05, 3.63) is 59.7 Å². The Bertz CT molecular complexity index is 861. The van der Waals surface area contributed by atoms with Crippen LogP contribution in [0.25, 0.3) is 0 Å². The first-order chi connectivity index (χ1) is 12.2. The van der Waals surface area contributed by atoms with Gasteiger partial charge in [-0.3, -0.25) is 4.79 Å². The average Bonchev–Trinajstić information content (AvgIpc) is 2.60. The molecule has 0 aliphatic rings. The van der Waals surface area contributed by atoms with E-state index in [1.54, 1.807) is 45.0 Å². The van der Waals surface area contributed by atoms with E-state index in [1.165, 1.54) is 12.1 Å². The van der Waals surface area contributed by atoms with Crippen molar-refractivity contribution >= 4 is 15.9 Å². The van der Waals surface area contributed by atoms with Gasteiger partial charge in [0, 0.05) is 25.2 Å². The lowest BCUT2D eigenvalue weighted by atomic mass is 10.1. The molecule has 1 N–H and O–H groups in total. The van der Waals surface area contributed by atoms with Crippen LogP contribution < -0.4 is 9.46 Å². The molecule has 0 aliphatic heterocycles. The number of nitrogens with one attached hydrogen (secondary N) is 1. The predicted octanol–water partition coefficient (Wildman–Crippen LogP) is 2.65. The Labute approximate surface area is 154 Å². The molecule has 26 heavy (non-hydrogen) atoms. The molecule has 0 aliphatic carbocycles. The highest BCUT2D eigenvalue weighted by Gasteiger charge is 2.19. The minimum absolute atomic E-state index is 0.0786. The third kappa shape index (κ3) is 5.06. The number of hydrogen-bond donors (Lipinski definition) is 1. The zero-order chi connectivity index (χ0) is 19.3. The van der Waals surface area contributed by atoms with Gasteiger partial charge in [0.15, 0.2) is 0 Å². The molecule has 0 fully saturated rings. The summed E-state index contributed by atoms with van der Waals surface area (Å²) in [5.41, 5.74) is 1.28. The number of rotatable bonds is 7. The summed E-state index contributed by atoms with van der Waals surface area (Å²) < 4.78 is 32.2. The fourth-order valence-corrected chi connectivity index (χ4v) is 3.77. The maximum atomic E-state index is 12.7. The van der Waals surface area contributed by atoms with Crippen molar-refractivity contribution in [1.29, 1.82) is 0 Å². The van der Waals surface area contributed by atoms with Gasteiger partial charge < -0.3 is 9.64 Å². The van der Waals surface area contributed by atoms with E-state index in [1.807, 2.05) is 24.3 Å². The number of methoxy groups -OCH3 is 1. The van der Waals surface area contributed by atoms with Crippen molar-refractivity contribution in [2.75, 3.05) is 14.2 Å². The third-order valence-corrected chi connectivity index (χ3v) is 5.36. The van der Waals surface area contributed by atoms with Crippen LogP contribution in [0.4, 0.5) is 0 Å². The Morgan fingerprint density at radius 2 is 1.81 bits per heavy atom. The summed E-state index contributed by atoms with van der Waals surface area (Å²) in [7, 11) is -0.365. The van der Waals surface area contributed by atoms with Gasteiger partial charge in [-0.2, -0.15) is 0 Å². The summed E-state index contributed by atoms with van der Waals surface area (Å²) in [6.07, 6.45) is 0. The number of nitrogens with zero attached hydrogens (tertiary/aromatic N) is 1. The highest BCUT2D eigenvalue weighted by atomic mass is 32.2. The molecule has 140 valence electrons. The maximum Gasteiger partial charge on any atom is 0.253 e. The Morgan fingerprint density at radius 3 is 2.38 bits per heavy atom. The van der Waals surface area contributed by atoms with Crippen LogP contribution in [0.15, 0.2) is 53.4 Å². The largest absolute Gasteiger partial charge is 0.497 e. The van der Waals surface area contributed by atoms with Gasteiger partial charge >= 0.3 is 0 Å². The number of amides is 1. The summed E-state index contributed by atoms with van der Waals surface area (Å²) in [5.74, 6) is 0.501. The lowest BCUT2D eigenvalue weighted by Crippen LogP contribution is -2.31. The number of sulfonamides is 1. The van der Waals surface area contributed by atoms with E-state index in [9.17, 15) is 13.2 Å².